The number of tetrazole rings is 1. The minimum absolute atomic E-state index is 0.305. The summed E-state index contributed by atoms with van der Waals surface area (Å²) in [5, 5.41) is 12.1. The first-order chi connectivity index (χ1) is 11.3. The minimum atomic E-state index is 0.305. The maximum absolute atomic E-state index is 4.19. The maximum Gasteiger partial charge on any atom is 0.170 e. The molecular weight excluding hydrogens is 288 g/mol. The van der Waals surface area contributed by atoms with Gasteiger partial charge in [0.05, 0.1) is 12.2 Å². The molecule has 3 aromatic rings. The van der Waals surface area contributed by atoms with Crippen LogP contribution < -0.4 is 0 Å². The molecule has 23 heavy (non-hydrogen) atoms. The molecule has 0 saturated heterocycles. The van der Waals surface area contributed by atoms with Crippen molar-refractivity contribution in [3.05, 3.63) is 66.2 Å². The van der Waals surface area contributed by atoms with Gasteiger partial charge in [-0.2, -0.15) is 4.68 Å². The monoisotopic (exact) mass is 308 g/mol. The van der Waals surface area contributed by atoms with Crippen molar-refractivity contribution in [2.75, 3.05) is 7.05 Å². The first kappa shape index (κ1) is 15.3. The van der Waals surface area contributed by atoms with E-state index in [1.54, 1.807) is 4.68 Å². The summed E-state index contributed by atoms with van der Waals surface area (Å²) in [7, 11) is 2.10. The highest BCUT2D eigenvalue weighted by molar-refractivity contribution is 5.30. The summed E-state index contributed by atoms with van der Waals surface area (Å²) < 4.78 is 1.79. The number of para-hydroxylation sites is 1. The van der Waals surface area contributed by atoms with Crippen LogP contribution in [-0.4, -0.2) is 37.1 Å². The summed E-state index contributed by atoms with van der Waals surface area (Å²) in [6.45, 7) is 2.85. The normalized spacial score (nSPS) is 12.5. The van der Waals surface area contributed by atoms with Crippen molar-refractivity contribution >= 4 is 0 Å². The van der Waals surface area contributed by atoms with Crippen LogP contribution in [0.4, 0.5) is 0 Å². The highest BCUT2D eigenvalue weighted by atomic mass is 15.5. The molecule has 0 aliphatic heterocycles. The molecule has 0 saturated carbocycles. The van der Waals surface area contributed by atoms with Crippen LogP contribution >= 0.6 is 0 Å². The standard InChI is InChI=1S/C17H20N6/c1-3-16(14-9-11-18-12-10-14)22(2)13-17-19-20-21-23(17)15-7-5-4-6-8-15/h4-12,16H,3,13H2,1-2H3/t16-/m0/s1. The molecule has 0 fully saturated rings. The summed E-state index contributed by atoms with van der Waals surface area (Å²) in [5.41, 5.74) is 2.22. The van der Waals surface area contributed by atoms with E-state index in [9.17, 15) is 0 Å². The zero-order chi connectivity index (χ0) is 16.1. The molecule has 118 valence electrons. The van der Waals surface area contributed by atoms with Gasteiger partial charge in [-0.15, -0.1) is 5.10 Å². The van der Waals surface area contributed by atoms with Gasteiger partial charge in [-0.1, -0.05) is 25.1 Å². The summed E-state index contributed by atoms with van der Waals surface area (Å²) in [4.78, 5) is 6.36. The molecule has 0 spiro atoms. The average molecular weight is 308 g/mol. The number of aromatic nitrogens is 5. The van der Waals surface area contributed by atoms with Crippen molar-refractivity contribution in [2.45, 2.75) is 25.9 Å². The predicted molar refractivity (Wildman–Crippen MR) is 87.9 cm³/mol. The fraction of sp³-hybridized carbons (Fsp3) is 0.294. The Morgan fingerprint density at radius 2 is 1.83 bits per heavy atom. The summed E-state index contributed by atoms with van der Waals surface area (Å²) in [6, 6.07) is 14.4. The third-order valence-corrected chi connectivity index (χ3v) is 3.94. The lowest BCUT2D eigenvalue weighted by Crippen LogP contribution is -2.25. The van der Waals surface area contributed by atoms with E-state index in [1.165, 1.54) is 5.56 Å². The van der Waals surface area contributed by atoms with Crippen molar-refractivity contribution in [1.29, 1.82) is 0 Å². The fourth-order valence-electron chi connectivity index (χ4n) is 2.79. The van der Waals surface area contributed by atoms with Crippen molar-refractivity contribution < 1.29 is 0 Å². The van der Waals surface area contributed by atoms with Crippen LogP contribution in [0.5, 0.6) is 0 Å². The largest absolute Gasteiger partial charge is 0.292 e. The van der Waals surface area contributed by atoms with Gasteiger partial charge in [0.25, 0.3) is 0 Å². The molecule has 0 bridgehead atoms. The Bertz CT molecular complexity index is 725. The van der Waals surface area contributed by atoms with E-state index < -0.39 is 0 Å². The van der Waals surface area contributed by atoms with Gasteiger partial charge in [0.2, 0.25) is 0 Å². The number of hydrogen-bond acceptors (Lipinski definition) is 5. The van der Waals surface area contributed by atoms with Gasteiger partial charge in [0.1, 0.15) is 0 Å². The topological polar surface area (TPSA) is 59.7 Å². The van der Waals surface area contributed by atoms with Crippen LogP contribution in [0.2, 0.25) is 0 Å². The van der Waals surface area contributed by atoms with E-state index in [0.717, 1.165) is 17.9 Å². The second kappa shape index (κ2) is 7.11. The lowest BCUT2D eigenvalue weighted by molar-refractivity contribution is 0.223. The van der Waals surface area contributed by atoms with Gasteiger partial charge >= 0.3 is 0 Å². The predicted octanol–water partition coefficient (Wildman–Crippen LogP) is 2.64. The Morgan fingerprint density at radius 1 is 1.09 bits per heavy atom. The molecule has 0 aliphatic carbocycles. The Kier molecular flexibility index (Phi) is 4.73. The Hall–Kier alpha value is -2.60. The van der Waals surface area contributed by atoms with E-state index in [2.05, 4.69) is 51.5 Å². The second-order valence-electron chi connectivity index (χ2n) is 5.46. The Morgan fingerprint density at radius 3 is 2.52 bits per heavy atom. The third-order valence-electron chi connectivity index (χ3n) is 3.94. The van der Waals surface area contributed by atoms with Crippen molar-refractivity contribution in [2.24, 2.45) is 0 Å². The van der Waals surface area contributed by atoms with Crippen LogP contribution in [0, 0.1) is 0 Å². The zero-order valence-corrected chi connectivity index (χ0v) is 13.4. The molecule has 3 rings (SSSR count). The lowest BCUT2D eigenvalue weighted by atomic mass is 10.0. The molecule has 0 aliphatic rings. The van der Waals surface area contributed by atoms with E-state index in [0.29, 0.717) is 12.6 Å². The molecule has 0 amide bonds. The van der Waals surface area contributed by atoms with Gasteiger partial charge in [0.15, 0.2) is 5.82 Å². The van der Waals surface area contributed by atoms with Gasteiger partial charge < -0.3 is 0 Å². The van der Waals surface area contributed by atoms with E-state index in [4.69, 9.17) is 0 Å². The number of hydrogen-bond donors (Lipinski definition) is 0. The lowest BCUT2D eigenvalue weighted by Gasteiger charge is -2.26. The van der Waals surface area contributed by atoms with Gasteiger partial charge in [0, 0.05) is 18.4 Å². The molecule has 2 heterocycles. The Balaban J connectivity index is 1.81. The number of benzene rings is 1. The smallest absolute Gasteiger partial charge is 0.170 e. The number of nitrogens with zero attached hydrogens (tertiary/aromatic N) is 6. The first-order valence-corrected chi connectivity index (χ1v) is 7.72. The molecule has 6 heteroatoms. The van der Waals surface area contributed by atoms with Crippen LogP contribution in [-0.2, 0) is 6.54 Å². The zero-order valence-electron chi connectivity index (χ0n) is 13.4. The van der Waals surface area contributed by atoms with Gasteiger partial charge in [-0.05, 0) is 53.7 Å². The van der Waals surface area contributed by atoms with E-state index in [-0.39, 0.29) is 0 Å². The minimum Gasteiger partial charge on any atom is -0.292 e. The van der Waals surface area contributed by atoms with E-state index >= 15 is 0 Å². The van der Waals surface area contributed by atoms with Gasteiger partial charge in [-0.25, -0.2) is 0 Å². The highest BCUT2D eigenvalue weighted by Gasteiger charge is 2.18. The SMILES string of the molecule is CC[C@@H](c1ccncc1)N(C)Cc1nnnn1-c1ccccc1. The van der Waals surface area contributed by atoms with Crippen LogP contribution in [0.1, 0.15) is 30.8 Å². The molecule has 0 radical (unpaired) electrons. The van der Waals surface area contributed by atoms with Crippen molar-refractivity contribution in [3.8, 4) is 5.69 Å². The average Bonchev–Trinajstić information content (AvgIpc) is 3.05. The molecule has 6 nitrogen and oxygen atoms in total. The third kappa shape index (κ3) is 3.43. The maximum atomic E-state index is 4.19. The fourth-order valence-corrected chi connectivity index (χ4v) is 2.79. The van der Waals surface area contributed by atoms with Crippen LogP contribution in [0.3, 0.4) is 0 Å². The van der Waals surface area contributed by atoms with E-state index in [1.807, 2.05) is 42.7 Å². The van der Waals surface area contributed by atoms with Gasteiger partial charge in [-0.3, -0.25) is 9.88 Å². The molecule has 0 unspecified atom stereocenters. The second-order valence-corrected chi connectivity index (χ2v) is 5.46. The number of rotatable bonds is 6. The molecule has 1 atom stereocenters. The summed E-state index contributed by atoms with van der Waals surface area (Å²) in [6.07, 6.45) is 4.67. The van der Waals surface area contributed by atoms with Crippen LogP contribution in [0.15, 0.2) is 54.9 Å². The summed E-state index contributed by atoms with van der Waals surface area (Å²) in [5.74, 6) is 0.825. The quantitative estimate of drug-likeness (QED) is 0.700. The molecule has 2 aromatic heterocycles. The van der Waals surface area contributed by atoms with Crippen LogP contribution in [0.25, 0.3) is 5.69 Å². The molecule has 0 N–H and O–H groups in total. The highest BCUT2D eigenvalue weighted by Crippen LogP contribution is 2.23. The molecule has 1 aromatic carbocycles. The van der Waals surface area contributed by atoms with Crippen molar-refractivity contribution in [1.82, 2.24) is 30.1 Å². The molecular formula is C17H20N6. The Labute approximate surface area is 135 Å². The first-order valence-electron chi connectivity index (χ1n) is 7.72. The van der Waals surface area contributed by atoms with Crippen molar-refractivity contribution in [3.63, 3.8) is 0 Å². The summed E-state index contributed by atoms with van der Waals surface area (Å²) >= 11 is 0. The number of pyridine rings is 1.